The summed E-state index contributed by atoms with van der Waals surface area (Å²) in [6, 6.07) is 10.5. The van der Waals surface area contributed by atoms with Crippen LogP contribution in [0.4, 0.5) is 11.5 Å². The van der Waals surface area contributed by atoms with Gasteiger partial charge in [0.15, 0.2) is 0 Å². The molecule has 0 saturated carbocycles. The average molecular weight is 373 g/mol. The van der Waals surface area contributed by atoms with Gasteiger partial charge in [0.25, 0.3) is 5.91 Å². The third-order valence-corrected chi connectivity index (χ3v) is 4.60. The molecule has 2 aromatic rings. The highest BCUT2D eigenvalue weighted by molar-refractivity contribution is 6.30. The molecule has 0 bridgehead atoms. The first-order valence-corrected chi connectivity index (χ1v) is 8.92. The fraction of sp³-hybridized carbons (Fsp3) is 0.316. The van der Waals surface area contributed by atoms with Crippen LogP contribution in [0, 0.1) is 0 Å². The lowest BCUT2D eigenvalue weighted by Gasteiger charge is -2.22. The number of benzene rings is 1. The highest BCUT2D eigenvalue weighted by Crippen LogP contribution is 2.17. The van der Waals surface area contributed by atoms with Gasteiger partial charge in [-0.1, -0.05) is 17.7 Å². The summed E-state index contributed by atoms with van der Waals surface area (Å²) >= 11 is 5.92. The maximum atomic E-state index is 12.3. The van der Waals surface area contributed by atoms with Gasteiger partial charge in [0.2, 0.25) is 5.91 Å². The lowest BCUT2D eigenvalue weighted by molar-refractivity contribution is -0.127. The van der Waals surface area contributed by atoms with Crippen LogP contribution in [0.2, 0.25) is 5.02 Å². The molecule has 0 atom stereocenters. The van der Waals surface area contributed by atoms with E-state index in [1.165, 1.54) is 0 Å². The van der Waals surface area contributed by atoms with Gasteiger partial charge in [-0.05, 0) is 36.8 Å². The molecule has 1 aliphatic heterocycles. The number of likely N-dealkylation sites (N-methyl/N-ethyl adjacent to an activating group) is 1. The number of hydrogen-bond donors (Lipinski definition) is 1. The Morgan fingerprint density at radius 3 is 2.85 bits per heavy atom. The van der Waals surface area contributed by atoms with E-state index < -0.39 is 0 Å². The molecule has 0 unspecified atom stereocenters. The Balaban J connectivity index is 1.56. The summed E-state index contributed by atoms with van der Waals surface area (Å²) in [7, 11) is 1.93. The Bertz CT molecular complexity index is 794. The monoisotopic (exact) mass is 372 g/mol. The van der Waals surface area contributed by atoms with Crippen molar-refractivity contribution in [3.63, 3.8) is 0 Å². The molecule has 1 N–H and O–H groups in total. The van der Waals surface area contributed by atoms with Gasteiger partial charge in [0.1, 0.15) is 5.82 Å². The van der Waals surface area contributed by atoms with E-state index in [0.717, 1.165) is 18.8 Å². The summed E-state index contributed by atoms with van der Waals surface area (Å²) in [6.45, 7) is 2.23. The molecule has 0 spiro atoms. The molecule has 1 aromatic carbocycles. The Hall–Kier alpha value is -2.60. The summed E-state index contributed by atoms with van der Waals surface area (Å²) in [4.78, 5) is 32.2. The van der Waals surface area contributed by atoms with Crippen LogP contribution in [0.5, 0.6) is 0 Å². The first-order valence-electron chi connectivity index (χ1n) is 8.55. The normalized spacial score (nSPS) is 13.8. The van der Waals surface area contributed by atoms with Crippen molar-refractivity contribution in [2.75, 3.05) is 36.9 Å². The van der Waals surface area contributed by atoms with E-state index in [4.69, 9.17) is 11.6 Å². The van der Waals surface area contributed by atoms with E-state index >= 15 is 0 Å². The van der Waals surface area contributed by atoms with Gasteiger partial charge in [-0.15, -0.1) is 0 Å². The molecule has 3 rings (SSSR count). The van der Waals surface area contributed by atoms with Crippen molar-refractivity contribution in [3.05, 3.63) is 53.2 Å². The maximum Gasteiger partial charge on any atom is 0.257 e. The number of aromatic nitrogens is 1. The minimum absolute atomic E-state index is 0.222. The third-order valence-electron chi connectivity index (χ3n) is 4.36. The van der Waals surface area contributed by atoms with Crippen molar-refractivity contribution in [1.82, 2.24) is 9.88 Å². The van der Waals surface area contributed by atoms with Crippen molar-refractivity contribution in [3.8, 4) is 0 Å². The molecular weight excluding hydrogens is 352 g/mol. The standard InChI is InChI=1S/C19H21ClN4O2/c1-23(10-11-24-9-3-6-18(24)25)17-8-7-14(13-21-17)19(26)22-16-5-2-4-15(20)12-16/h2,4-5,7-8,12-13H,3,6,9-11H2,1H3,(H,22,26). The van der Waals surface area contributed by atoms with E-state index in [-0.39, 0.29) is 11.8 Å². The van der Waals surface area contributed by atoms with Crippen LogP contribution in [-0.2, 0) is 4.79 Å². The van der Waals surface area contributed by atoms with E-state index in [2.05, 4.69) is 10.3 Å². The minimum Gasteiger partial charge on any atom is -0.358 e. The molecule has 26 heavy (non-hydrogen) atoms. The largest absolute Gasteiger partial charge is 0.358 e. The number of nitrogens with one attached hydrogen (secondary N) is 1. The summed E-state index contributed by atoms with van der Waals surface area (Å²) in [5.74, 6) is 0.743. The molecule has 0 aliphatic carbocycles. The molecule has 1 fully saturated rings. The molecule has 6 nitrogen and oxygen atoms in total. The Kier molecular flexibility index (Phi) is 5.73. The lowest BCUT2D eigenvalue weighted by Crippen LogP contribution is -2.34. The number of carbonyl (C=O) groups excluding carboxylic acids is 2. The highest BCUT2D eigenvalue weighted by atomic mass is 35.5. The van der Waals surface area contributed by atoms with Gasteiger partial charge in [0.05, 0.1) is 5.56 Å². The average Bonchev–Trinajstić information content (AvgIpc) is 3.05. The van der Waals surface area contributed by atoms with Crippen LogP contribution in [0.3, 0.4) is 0 Å². The van der Waals surface area contributed by atoms with Crippen molar-refractivity contribution in [2.45, 2.75) is 12.8 Å². The quantitative estimate of drug-likeness (QED) is 0.846. The summed E-state index contributed by atoms with van der Waals surface area (Å²) in [5.41, 5.74) is 1.11. The third kappa shape index (κ3) is 4.52. The van der Waals surface area contributed by atoms with E-state index in [0.29, 0.717) is 35.8 Å². The van der Waals surface area contributed by atoms with Crippen LogP contribution < -0.4 is 10.2 Å². The van der Waals surface area contributed by atoms with Crippen molar-refractivity contribution in [2.24, 2.45) is 0 Å². The topological polar surface area (TPSA) is 65.5 Å². The second-order valence-corrected chi connectivity index (χ2v) is 6.71. The summed E-state index contributed by atoms with van der Waals surface area (Å²) in [6.07, 6.45) is 3.14. The van der Waals surface area contributed by atoms with Gasteiger partial charge < -0.3 is 15.1 Å². The van der Waals surface area contributed by atoms with Crippen molar-refractivity contribution < 1.29 is 9.59 Å². The van der Waals surface area contributed by atoms with Gasteiger partial charge >= 0.3 is 0 Å². The number of hydrogen-bond acceptors (Lipinski definition) is 4. The number of anilines is 2. The highest BCUT2D eigenvalue weighted by Gasteiger charge is 2.20. The molecule has 2 heterocycles. The SMILES string of the molecule is CN(CCN1CCCC1=O)c1ccc(C(=O)Nc2cccc(Cl)c2)cn1. The second-order valence-electron chi connectivity index (χ2n) is 6.28. The molecule has 1 saturated heterocycles. The number of rotatable bonds is 6. The van der Waals surface area contributed by atoms with Crippen LogP contribution in [0.1, 0.15) is 23.2 Å². The van der Waals surface area contributed by atoms with Crippen molar-refractivity contribution in [1.29, 1.82) is 0 Å². The van der Waals surface area contributed by atoms with Gasteiger partial charge in [0, 0.05) is 50.0 Å². The van der Waals surface area contributed by atoms with Gasteiger partial charge in [-0.3, -0.25) is 9.59 Å². The number of halogens is 1. The molecule has 7 heteroatoms. The van der Waals surface area contributed by atoms with Gasteiger partial charge in [-0.2, -0.15) is 0 Å². The Morgan fingerprint density at radius 2 is 2.19 bits per heavy atom. The summed E-state index contributed by atoms with van der Waals surface area (Å²) < 4.78 is 0. The number of carbonyl (C=O) groups is 2. The van der Waals surface area contributed by atoms with Crippen LogP contribution in [0.25, 0.3) is 0 Å². The fourth-order valence-electron chi connectivity index (χ4n) is 2.84. The van der Waals surface area contributed by atoms with E-state index in [1.807, 2.05) is 16.8 Å². The molecule has 1 aliphatic rings. The molecule has 1 aromatic heterocycles. The number of pyridine rings is 1. The number of amides is 2. The summed E-state index contributed by atoms with van der Waals surface area (Å²) in [5, 5.41) is 3.36. The first kappa shape index (κ1) is 18.2. The zero-order chi connectivity index (χ0) is 18.5. The first-order chi connectivity index (χ1) is 12.5. The molecular formula is C19H21ClN4O2. The van der Waals surface area contributed by atoms with E-state index in [1.54, 1.807) is 42.6 Å². The molecule has 136 valence electrons. The maximum absolute atomic E-state index is 12.3. The predicted octanol–water partition coefficient (Wildman–Crippen LogP) is 3.05. The fourth-order valence-corrected chi connectivity index (χ4v) is 3.03. The van der Waals surface area contributed by atoms with Crippen LogP contribution in [-0.4, -0.2) is 48.4 Å². The van der Waals surface area contributed by atoms with Crippen LogP contribution >= 0.6 is 11.6 Å². The van der Waals surface area contributed by atoms with Crippen molar-refractivity contribution >= 4 is 34.9 Å². The number of nitrogens with zero attached hydrogens (tertiary/aromatic N) is 3. The van der Waals surface area contributed by atoms with Crippen LogP contribution in [0.15, 0.2) is 42.6 Å². The Morgan fingerprint density at radius 1 is 1.35 bits per heavy atom. The second kappa shape index (κ2) is 8.19. The Labute approximate surface area is 157 Å². The minimum atomic E-state index is -0.239. The zero-order valence-corrected chi connectivity index (χ0v) is 15.4. The smallest absolute Gasteiger partial charge is 0.257 e. The lowest BCUT2D eigenvalue weighted by atomic mass is 10.2. The molecule has 0 radical (unpaired) electrons. The van der Waals surface area contributed by atoms with Gasteiger partial charge in [-0.25, -0.2) is 4.98 Å². The predicted molar refractivity (Wildman–Crippen MR) is 103 cm³/mol. The molecule has 2 amide bonds. The van der Waals surface area contributed by atoms with E-state index in [9.17, 15) is 9.59 Å². The zero-order valence-electron chi connectivity index (χ0n) is 14.6. The number of likely N-dealkylation sites (tertiary alicyclic amines) is 1.